The Balaban J connectivity index is 1.81. The summed E-state index contributed by atoms with van der Waals surface area (Å²) in [7, 11) is 1.06. The van der Waals surface area contributed by atoms with E-state index in [9.17, 15) is 31.5 Å². The molecule has 7 nitrogen and oxygen atoms in total. The number of nitrogens with zero attached hydrogens (tertiary/aromatic N) is 1. The molecule has 35 heavy (non-hydrogen) atoms. The van der Waals surface area contributed by atoms with E-state index in [1.807, 2.05) is 0 Å². The van der Waals surface area contributed by atoms with Gasteiger partial charge in [-0.25, -0.2) is 4.39 Å². The second-order valence-electron chi connectivity index (χ2n) is 8.80. The molecule has 2 aromatic rings. The molecule has 2 heterocycles. The van der Waals surface area contributed by atoms with E-state index in [0.29, 0.717) is 12.8 Å². The van der Waals surface area contributed by atoms with Gasteiger partial charge in [-0.1, -0.05) is 6.07 Å². The van der Waals surface area contributed by atoms with Gasteiger partial charge in [0.25, 0.3) is 11.8 Å². The van der Waals surface area contributed by atoms with Gasteiger partial charge in [0.2, 0.25) is 5.82 Å². The molecule has 4 atom stereocenters. The number of alkyl halides is 3. The highest BCUT2D eigenvalue weighted by atomic mass is 19.4. The summed E-state index contributed by atoms with van der Waals surface area (Å²) in [6, 6.07) is 4.36. The molecule has 3 N–H and O–H groups in total. The molecule has 0 bridgehead atoms. The maximum Gasteiger partial charge on any atom is 0.417 e. The standard InChI is InChI=1S/C23H22F5N3O4/c1-22(23(26,27)28)16(10-3-4-10)15(12-5-6-13(24)17(25)18(12)34-2)19(35-22)21(33)31-11-7-8-30-14(9-11)20(29)32/h5-10,15-16,19H,3-4H2,1-2H3,(H2,29,32)(H,30,31,33)/t15-,16-,19+,22-/m1/s1. The van der Waals surface area contributed by atoms with Crippen molar-refractivity contribution in [2.24, 2.45) is 17.6 Å². The molecule has 0 unspecified atom stereocenters. The predicted molar refractivity (Wildman–Crippen MR) is 113 cm³/mol. The van der Waals surface area contributed by atoms with Crippen LogP contribution in [0.2, 0.25) is 0 Å². The number of carbonyl (C=O) groups excluding carboxylic acids is 2. The predicted octanol–water partition coefficient (Wildman–Crippen LogP) is 3.94. The van der Waals surface area contributed by atoms with Gasteiger partial charge < -0.3 is 20.5 Å². The molecule has 188 valence electrons. The van der Waals surface area contributed by atoms with E-state index in [0.717, 1.165) is 32.2 Å². The Bertz CT molecular complexity index is 1170. The van der Waals surface area contributed by atoms with Crippen LogP contribution < -0.4 is 15.8 Å². The van der Waals surface area contributed by atoms with E-state index in [1.165, 1.54) is 12.3 Å². The number of primary amides is 1. The topological polar surface area (TPSA) is 104 Å². The summed E-state index contributed by atoms with van der Waals surface area (Å²) in [5.41, 5.74) is 2.21. The lowest BCUT2D eigenvalue weighted by Crippen LogP contribution is -2.49. The Hall–Kier alpha value is -3.28. The molecule has 1 aliphatic carbocycles. The molecule has 0 spiro atoms. The number of anilines is 1. The zero-order chi connectivity index (χ0) is 25.7. The lowest BCUT2D eigenvalue weighted by Gasteiger charge is -2.34. The van der Waals surface area contributed by atoms with E-state index in [1.54, 1.807) is 0 Å². The summed E-state index contributed by atoms with van der Waals surface area (Å²) in [6.07, 6.45) is -4.49. The first-order chi connectivity index (χ1) is 16.4. The number of methoxy groups -OCH3 is 1. The van der Waals surface area contributed by atoms with Crippen LogP contribution in [0.15, 0.2) is 30.5 Å². The minimum Gasteiger partial charge on any atom is -0.493 e. The highest BCUT2D eigenvalue weighted by Gasteiger charge is 2.70. The lowest BCUT2D eigenvalue weighted by molar-refractivity contribution is -0.275. The molecule has 1 aromatic heterocycles. The largest absolute Gasteiger partial charge is 0.493 e. The molecule has 1 aliphatic heterocycles. The molecule has 4 rings (SSSR count). The summed E-state index contributed by atoms with van der Waals surface area (Å²) < 4.78 is 81.9. The van der Waals surface area contributed by atoms with Crippen molar-refractivity contribution in [2.75, 3.05) is 12.4 Å². The number of nitrogens with one attached hydrogen (secondary N) is 1. The number of benzene rings is 1. The van der Waals surface area contributed by atoms with Gasteiger partial charge in [0, 0.05) is 29.3 Å². The van der Waals surface area contributed by atoms with Gasteiger partial charge in [0.1, 0.15) is 11.8 Å². The zero-order valence-corrected chi connectivity index (χ0v) is 18.7. The summed E-state index contributed by atoms with van der Waals surface area (Å²) in [5.74, 6) is -8.09. The van der Waals surface area contributed by atoms with Crippen molar-refractivity contribution in [3.05, 3.63) is 53.4 Å². The molecule has 1 saturated heterocycles. The zero-order valence-electron chi connectivity index (χ0n) is 18.7. The number of pyridine rings is 1. The van der Waals surface area contributed by atoms with Crippen molar-refractivity contribution in [1.82, 2.24) is 4.98 Å². The number of rotatable bonds is 6. The Labute approximate surface area is 196 Å². The molecule has 2 aliphatic rings. The number of halogens is 5. The van der Waals surface area contributed by atoms with Crippen molar-refractivity contribution < 1.29 is 41.0 Å². The molecule has 12 heteroatoms. The van der Waals surface area contributed by atoms with Crippen molar-refractivity contribution in [2.45, 2.75) is 43.6 Å². The van der Waals surface area contributed by atoms with Gasteiger partial charge in [-0.2, -0.15) is 17.6 Å². The van der Waals surface area contributed by atoms with Gasteiger partial charge in [-0.3, -0.25) is 14.6 Å². The number of hydrogen-bond donors (Lipinski definition) is 2. The van der Waals surface area contributed by atoms with Crippen LogP contribution in [0.25, 0.3) is 0 Å². The van der Waals surface area contributed by atoms with Crippen molar-refractivity contribution in [3.8, 4) is 5.75 Å². The molecular formula is C23H22F5N3O4. The van der Waals surface area contributed by atoms with Crippen molar-refractivity contribution in [3.63, 3.8) is 0 Å². The van der Waals surface area contributed by atoms with Gasteiger partial charge in [-0.05, 0) is 43.9 Å². The van der Waals surface area contributed by atoms with Crippen molar-refractivity contribution in [1.29, 1.82) is 0 Å². The third kappa shape index (κ3) is 4.30. The highest BCUT2D eigenvalue weighted by molar-refractivity contribution is 5.97. The Morgan fingerprint density at radius 3 is 2.49 bits per heavy atom. The first-order valence-corrected chi connectivity index (χ1v) is 10.7. The maximum absolute atomic E-state index is 14.6. The molecule has 0 radical (unpaired) electrons. The van der Waals surface area contributed by atoms with E-state index in [4.69, 9.17) is 15.2 Å². The fourth-order valence-corrected chi connectivity index (χ4v) is 4.85. The number of nitrogens with two attached hydrogens (primary N) is 1. The van der Waals surface area contributed by atoms with Gasteiger partial charge >= 0.3 is 6.18 Å². The number of ether oxygens (including phenoxy) is 2. The minimum absolute atomic E-state index is 0.0435. The third-order valence-corrected chi connectivity index (χ3v) is 6.60. The van der Waals surface area contributed by atoms with Crippen LogP contribution in [0.4, 0.5) is 27.6 Å². The van der Waals surface area contributed by atoms with E-state index >= 15 is 0 Å². The van der Waals surface area contributed by atoms with Crippen LogP contribution in [-0.4, -0.2) is 41.8 Å². The summed E-state index contributed by atoms with van der Waals surface area (Å²) in [5, 5.41) is 2.42. The van der Waals surface area contributed by atoms with E-state index < -0.39 is 64.8 Å². The van der Waals surface area contributed by atoms with Crippen molar-refractivity contribution >= 4 is 17.5 Å². The summed E-state index contributed by atoms with van der Waals surface area (Å²) >= 11 is 0. The average molecular weight is 499 g/mol. The second kappa shape index (κ2) is 8.74. The number of amides is 2. The van der Waals surface area contributed by atoms with E-state index in [2.05, 4.69) is 10.3 Å². The first kappa shape index (κ1) is 24.8. The fourth-order valence-electron chi connectivity index (χ4n) is 4.85. The third-order valence-electron chi connectivity index (χ3n) is 6.60. The molecule has 2 amide bonds. The van der Waals surface area contributed by atoms with E-state index in [-0.39, 0.29) is 16.9 Å². The second-order valence-corrected chi connectivity index (χ2v) is 8.80. The van der Waals surface area contributed by atoms with Crippen LogP contribution in [0.5, 0.6) is 5.75 Å². The molecule has 2 fully saturated rings. The smallest absolute Gasteiger partial charge is 0.417 e. The lowest BCUT2D eigenvalue weighted by atomic mass is 9.73. The van der Waals surface area contributed by atoms with Crippen LogP contribution in [0.1, 0.15) is 41.7 Å². The Kier molecular flexibility index (Phi) is 6.20. The van der Waals surface area contributed by atoms with Gasteiger partial charge in [0.05, 0.1) is 7.11 Å². The summed E-state index contributed by atoms with van der Waals surface area (Å²) in [6.45, 7) is 0.861. The number of aromatic nitrogens is 1. The quantitative estimate of drug-likeness (QED) is 0.587. The first-order valence-electron chi connectivity index (χ1n) is 10.7. The van der Waals surface area contributed by atoms with Crippen LogP contribution in [0, 0.1) is 23.5 Å². The number of carbonyl (C=O) groups is 2. The normalized spacial score (nSPS) is 26.4. The van der Waals surface area contributed by atoms with Crippen LogP contribution >= 0.6 is 0 Å². The Morgan fingerprint density at radius 1 is 1.23 bits per heavy atom. The van der Waals surface area contributed by atoms with Crippen LogP contribution in [-0.2, 0) is 9.53 Å². The molecular weight excluding hydrogens is 477 g/mol. The molecule has 1 saturated carbocycles. The fraction of sp³-hybridized carbons (Fsp3) is 0.435. The monoisotopic (exact) mass is 499 g/mol. The summed E-state index contributed by atoms with van der Waals surface area (Å²) in [4.78, 5) is 28.4. The van der Waals surface area contributed by atoms with Gasteiger partial charge in [0.15, 0.2) is 17.2 Å². The highest BCUT2D eigenvalue weighted by Crippen LogP contribution is 2.62. The van der Waals surface area contributed by atoms with Gasteiger partial charge in [-0.15, -0.1) is 0 Å². The van der Waals surface area contributed by atoms with Crippen LogP contribution in [0.3, 0.4) is 0 Å². The SMILES string of the molecule is COc1c([C@H]2[C@@H](C(=O)Nc3ccnc(C(N)=O)c3)O[C@@](C)(C(F)(F)F)[C@@H]2C2CC2)ccc(F)c1F. The Morgan fingerprint density at radius 2 is 1.91 bits per heavy atom. The minimum atomic E-state index is -4.87. The average Bonchev–Trinajstić information content (AvgIpc) is 3.57. The molecule has 1 aromatic carbocycles. The maximum atomic E-state index is 14.6. The number of hydrogen-bond acceptors (Lipinski definition) is 5.